The molecule has 0 bridgehead atoms. The molecule has 1 aliphatic heterocycles. The van der Waals surface area contributed by atoms with Crippen molar-refractivity contribution in [2.75, 3.05) is 0 Å². The number of hydrogen-bond acceptors (Lipinski definition) is 2. The Labute approximate surface area is 125 Å². The van der Waals surface area contributed by atoms with Crippen molar-refractivity contribution in [3.05, 3.63) is 48.6 Å². The van der Waals surface area contributed by atoms with E-state index in [1.807, 2.05) is 44.2 Å². The van der Waals surface area contributed by atoms with Gasteiger partial charge >= 0.3 is 0 Å². The maximum atomic E-state index is 12.8. The van der Waals surface area contributed by atoms with E-state index in [2.05, 4.69) is 11.9 Å². The fourth-order valence-corrected chi connectivity index (χ4v) is 2.86. The van der Waals surface area contributed by atoms with Gasteiger partial charge in [0.2, 0.25) is 5.91 Å². The Hall–Kier alpha value is -2.10. The number of amides is 2. The lowest BCUT2D eigenvalue weighted by atomic mass is 9.97. The molecule has 21 heavy (non-hydrogen) atoms. The SMILES string of the molecule is C=CCC(C)N1C(=O)C(c2ccccc2)NC(=O)C1CC. The number of benzene rings is 1. The molecule has 1 aromatic rings. The minimum absolute atomic E-state index is 0.0304. The first kappa shape index (κ1) is 15.3. The lowest BCUT2D eigenvalue weighted by molar-refractivity contribution is -0.152. The van der Waals surface area contributed by atoms with Crippen molar-refractivity contribution in [3.63, 3.8) is 0 Å². The third kappa shape index (κ3) is 2.99. The van der Waals surface area contributed by atoms with Crippen LogP contribution in [0.1, 0.15) is 38.3 Å². The Morgan fingerprint density at radius 1 is 1.33 bits per heavy atom. The van der Waals surface area contributed by atoms with Crippen LogP contribution in [0.25, 0.3) is 0 Å². The first-order valence-electron chi connectivity index (χ1n) is 7.38. The van der Waals surface area contributed by atoms with Crippen LogP contribution >= 0.6 is 0 Å². The molecule has 112 valence electrons. The highest BCUT2D eigenvalue weighted by Gasteiger charge is 2.41. The number of piperazine rings is 1. The number of carbonyl (C=O) groups is 2. The van der Waals surface area contributed by atoms with Crippen LogP contribution in [0.2, 0.25) is 0 Å². The van der Waals surface area contributed by atoms with Gasteiger partial charge in [0.25, 0.3) is 5.91 Å². The molecule has 0 radical (unpaired) electrons. The summed E-state index contributed by atoms with van der Waals surface area (Å²) in [7, 11) is 0. The van der Waals surface area contributed by atoms with Crippen LogP contribution in [0.15, 0.2) is 43.0 Å². The molecule has 3 unspecified atom stereocenters. The van der Waals surface area contributed by atoms with Gasteiger partial charge in [-0.05, 0) is 25.3 Å². The quantitative estimate of drug-likeness (QED) is 0.845. The van der Waals surface area contributed by atoms with Crippen LogP contribution in [-0.4, -0.2) is 28.8 Å². The van der Waals surface area contributed by atoms with E-state index in [0.717, 1.165) is 5.56 Å². The summed E-state index contributed by atoms with van der Waals surface area (Å²) in [6.07, 6.45) is 3.08. The second kappa shape index (κ2) is 6.57. The molecule has 1 aromatic carbocycles. The average molecular weight is 286 g/mol. The van der Waals surface area contributed by atoms with Crippen molar-refractivity contribution in [1.82, 2.24) is 10.2 Å². The largest absolute Gasteiger partial charge is 0.339 e. The molecule has 1 saturated heterocycles. The molecule has 0 spiro atoms. The minimum Gasteiger partial charge on any atom is -0.339 e. The third-order valence-electron chi connectivity index (χ3n) is 3.93. The van der Waals surface area contributed by atoms with E-state index < -0.39 is 12.1 Å². The van der Waals surface area contributed by atoms with Gasteiger partial charge in [0.1, 0.15) is 12.1 Å². The minimum atomic E-state index is -0.589. The normalized spacial score (nSPS) is 23.6. The molecule has 4 heteroatoms. The van der Waals surface area contributed by atoms with Crippen molar-refractivity contribution >= 4 is 11.8 Å². The van der Waals surface area contributed by atoms with Crippen molar-refractivity contribution in [1.29, 1.82) is 0 Å². The first-order valence-corrected chi connectivity index (χ1v) is 7.38. The highest BCUT2D eigenvalue weighted by molar-refractivity contribution is 5.97. The zero-order valence-corrected chi connectivity index (χ0v) is 12.6. The molecular weight excluding hydrogens is 264 g/mol. The van der Waals surface area contributed by atoms with E-state index in [0.29, 0.717) is 12.8 Å². The fraction of sp³-hybridized carbons (Fsp3) is 0.412. The van der Waals surface area contributed by atoms with Gasteiger partial charge in [-0.1, -0.05) is 43.3 Å². The summed E-state index contributed by atoms with van der Waals surface area (Å²) in [5.41, 5.74) is 0.821. The summed E-state index contributed by atoms with van der Waals surface area (Å²) in [6.45, 7) is 7.61. The topological polar surface area (TPSA) is 49.4 Å². The van der Waals surface area contributed by atoms with Crippen LogP contribution in [-0.2, 0) is 9.59 Å². The molecule has 2 amide bonds. The van der Waals surface area contributed by atoms with Crippen molar-refractivity contribution in [3.8, 4) is 0 Å². The average Bonchev–Trinajstić information content (AvgIpc) is 2.49. The van der Waals surface area contributed by atoms with Gasteiger partial charge in [0.05, 0.1) is 0 Å². The standard InChI is InChI=1S/C17H22N2O2/c1-4-9-12(3)19-14(5-2)16(20)18-15(17(19)21)13-10-7-6-8-11-13/h4,6-8,10-12,14-15H,1,5,9H2,2-3H3,(H,18,20). The second-order valence-electron chi connectivity index (χ2n) is 5.40. The lowest BCUT2D eigenvalue weighted by Crippen LogP contribution is -2.61. The number of rotatable bonds is 5. The Kier molecular flexibility index (Phi) is 4.78. The van der Waals surface area contributed by atoms with Gasteiger partial charge in [-0.3, -0.25) is 9.59 Å². The number of hydrogen-bond donors (Lipinski definition) is 1. The smallest absolute Gasteiger partial charge is 0.250 e. The van der Waals surface area contributed by atoms with E-state index in [1.54, 1.807) is 11.0 Å². The van der Waals surface area contributed by atoms with E-state index in [4.69, 9.17) is 0 Å². The van der Waals surface area contributed by atoms with Gasteiger partial charge in [0.15, 0.2) is 0 Å². The van der Waals surface area contributed by atoms with Crippen LogP contribution in [0.5, 0.6) is 0 Å². The van der Waals surface area contributed by atoms with Crippen LogP contribution in [0.3, 0.4) is 0 Å². The number of nitrogens with zero attached hydrogens (tertiary/aromatic N) is 1. The molecule has 1 aliphatic rings. The molecule has 2 rings (SSSR count). The molecule has 0 saturated carbocycles. The summed E-state index contributed by atoms with van der Waals surface area (Å²) in [6, 6.07) is 8.36. The van der Waals surface area contributed by atoms with E-state index in [-0.39, 0.29) is 17.9 Å². The van der Waals surface area contributed by atoms with Crippen molar-refractivity contribution in [2.45, 2.75) is 44.8 Å². The number of carbonyl (C=O) groups excluding carboxylic acids is 2. The zero-order chi connectivity index (χ0) is 15.4. The van der Waals surface area contributed by atoms with E-state index in [1.165, 1.54) is 0 Å². The summed E-state index contributed by atoms with van der Waals surface area (Å²) in [4.78, 5) is 26.9. The fourth-order valence-electron chi connectivity index (χ4n) is 2.86. The van der Waals surface area contributed by atoms with Gasteiger partial charge in [-0.15, -0.1) is 6.58 Å². The zero-order valence-electron chi connectivity index (χ0n) is 12.6. The molecule has 1 heterocycles. The number of nitrogens with one attached hydrogen (secondary N) is 1. The molecule has 1 fully saturated rings. The van der Waals surface area contributed by atoms with Crippen LogP contribution in [0.4, 0.5) is 0 Å². The highest BCUT2D eigenvalue weighted by atomic mass is 16.2. The maximum Gasteiger partial charge on any atom is 0.250 e. The van der Waals surface area contributed by atoms with Crippen molar-refractivity contribution in [2.24, 2.45) is 0 Å². The monoisotopic (exact) mass is 286 g/mol. The Bertz CT molecular complexity index is 527. The summed E-state index contributed by atoms with van der Waals surface area (Å²) in [5.74, 6) is -0.121. The molecular formula is C17H22N2O2. The summed E-state index contributed by atoms with van der Waals surface area (Å²) >= 11 is 0. The van der Waals surface area contributed by atoms with Crippen LogP contribution in [0, 0.1) is 0 Å². The molecule has 4 nitrogen and oxygen atoms in total. The first-order chi connectivity index (χ1) is 10.1. The lowest BCUT2D eigenvalue weighted by Gasteiger charge is -2.42. The highest BCUT2D eigenvalue weighted by Crippen LogP contribution is 2.26. The van der Waals surface area contributed by atoms with Gasteiger partial charge < -0.3 is 10.2 Å². The second-order valence-corrected chi connectivity index (χ2v) is 5.40. The van der Waals surface area contributed by atoms with E-state index in [9.17, 15) is 9.59 Å². The molecule has 0 aliphatic carbocycles. The van der Waals surface area contributed by atoms with E-state index >= 15 is 0 Å². The molecule has 1 N–H and O–H groups in total. The predicted octanol–water partition coefficient (Wildman–Crippen LogP) is 2.43. The van der Waals surface area contributed by atoms with Crippen molar-refractivity contribution < 1.29 is 9.59 Å². The predicted molar refractivity (Wildman–Crippen MR) is 82.5 cm³/mol. The summed E-state index contributed by atoms with van der Waals surface area (Å²) in [5, 5.41) is 2.85. The molecule has 0 aromatic heterocycles. The Morgan fingerprint density at radius 3 is 2.57 bits per heavy atom. The van der Waals surface area contributed by atoms with Gasteiger partial charge in [0, 0.05) is 6.04 Å². The third-order valence-corrected chi connectivity index (χ3v) is 3.93. The Balaban J connectivity index is 2.33. The molecule has 3 atom stereocenters. The van der Waals surface area contributed by atoms with Gasteiger partial charge in [-0.25, -0.2) is 0 Å². The Morgan fingerprint density at radius 2 is 2.00 bits per heavy atom. The maximum absolute atomic E-state index is 12.8. The van der Waals surface area contributed by atoms with Gasteiger partial charge in [-0.2, -0.15) is 0 Å². The summed E-state index contributed by atoms with van der Waals surface area (Å²) < 4.78 is 0. The van der Waals surface area contributed by atoms with Crippen LogP contribution < -0.4 is 5.32 Å².